The van der Waals surface area contributed by atoms with Gasteiger partial charge in [0.2, 0.25) is 5.91 Å². The van der Waals surface area contributed by atoms with Crippen LogP contribution in [-0.4, -0.2) is 20.7 Å². The molecule has 27 heavy (non-hydrogen) atoms. The second-order valence-corrected chi connectivity index (χ2v) is 8.05. The lowest BCUT2D eigenvalue weighted by atomic mass is 10.2. The molecule has 140 valence electrons. The lowest BCUT2D eigenvalue weighted by molar-refractivity contribution is -0.120. The largest absolute Gasteiger partial charge is 0.351 e. The third-order valence-electron chi connectivity index (χ3n) is 3.89. The van der Waals surface area contributed by atoms with Crippen molar-refractivity contribution in [3.05, 3.63) is 70.1 Å². The number of carbonyl (C=O) groups excluding carboxylic acids is 1. The van der Waals surface area contributed by atoms with Crippen molar-refractivity contribution in [3.63, 3.8) is 0 Å². The van der Waals surface area contributed by atoms with Crippen LogP contribution in [0.4, 0.5) is 4.39 Å². The Bertz CT molecular complexity index is 1030. The zero-order valence-electron chi connectivity index (χ0n) is 14.6. The average molecular weight is 404 g/mol. The molecule has 3 rings (SSSR count). The standard InChI is InChI=1S/C19H18FN3O2S2/c1-3-9-23-18(25)15-8-10-26-17(15)22-19(23)27-12(2)16(24)21-11-13-4-6-14(20)7-5-13/h3-8,10,12H,1,9,11H2,2H3,(H,21,24). The molecule has 2 aromatic heterocycles. The predicted octanol–water partition coefficient (Wildman–Crippen LogP) is 3.58. The number of aromatic nitrogens is 2. The lowest BCUT2D eigenvalue weighted by Crippen LogP contribution is -2.31. The topological polar surface area (TPSA) is 64.0 Å². The number of hydrogen-bond donors (Lipinski definition) is 1. The van der Waals surface area contributed by atoms with E-state index in [1.165, 1.54) is 39.8 Å². The van der Waals surface area contributed by atoms with E-state index in [4.69, 9.17) is 0 Å². The van der Waals surface area contributed by atoms with E-state index in [1.54, 1.807) is 31.2 Å². The number of thioether (sulfide) groups is 1. The van der Waals surface area contributed by atoms with Crippen LogP contribution in [0.2, 0.25) is 0 Å². The summed E-state index contributed by atoms with van der Waals surface area (Å²) in [6.45, 7) is 6.08. The van der Waals surface area contributed by atoms with Gasteiger partial charge in [0.15, 0.2) is 5.16 Å². The number of carbonyl (C=O) groups is 1. The molecule has 0 fully saturated rings. The maximum absolute atomic E-state index is 12.9. The maximum Gasteiger partial charge on any atom is 0.263 e. The molecule has 1 aromatic carbocycles. The van der Waals surface area contributed by atoms with Gasteiger partial charge in [0.25, 0.3) is 5.56 Å². The Morgan fingerprint density at radius 2 is 2.15 bits per heavy atom. The molecule has 0 bridgehead atoms. The zero-order valence-corrected chi connectivity index (χ0v) is 16.3. The molecule has 0 aliphatic carbocycles. The molecule has 8 heteroatoms. The molecule has 0 aliphatic rings. The van der Waals surface area contributed by atoms with E-state index < -0.39 is 5.25 Å². The van der Waals surface area contributed by atoms with E-state index >= 15 is 0 Å². The summed E-state index contributed by atoms with van der Waals surface area (Å²) in [5.41, 5.74) is 0.672. The van der Waals surface area contributed by atoms with Gasteiger partial charge in [0.1, 0.15) is 10.6 Å². The summed E-state index contributed by atoms with van der Waals surface area (Å²) in [6.07, 6.45) is 1.63. The summed E-state index contributed by atoms with van der Waals surface area (Å²) in [6, 6.07) is 7.71. The van der Waals surface area contributed by atoms with Crippen molar-refractivity contribution in [1.82, 2.24) is 14.9 Å². The molecule has 0 radical (unpaired) electrons. The van der Waals surface area contributed by atoms with Crippen molar-refractivity contribution < 1.29 is 9.18 Å². The number of allylic oxidation sites excluding steroid dienone is 1. The van der Waals surface area contributed by atoms with Gasteiger partial charge in [0, 0.05) is 13.1 Å². The Balaban J connectivity index is 1.74. The highest BCUT2D eigenvalue weighted by molar-refractivity contribution is 8.00. The number of halogens is 1. The Hall–Kier alpha value is -2.45. The van der Waals surface area contributed by atoms with Gasteiger partial charge in [-0.1, -0.05) is 30.0 Å². The predicted molar refractivity (Wildman–Crippen MR) is 108 cm³/mol. The minimum Gasteiger partial charge on any atom is -0.351 e. The fraction of sp³-hybridized carbons (Fsp3) is 0.211. The van der Waals surface area contributed by atoms with Crippen molar-refractivity contribution >= 4 is 39.2 Å². The van der Waals surface area contributed by atoms with Gasteiger partial charge in [0.05, 0.1) is 10.6 Å². The third kappa shape index (κ3) is 4.45. The lowest BCUT2D eigenvalue weighted by Gasteiger charge is -2.15. The Morgan fingerprint density at radius 3 is 2.85 bits per heavy atom. The van der Waals surface area contributed by atoms with Crippen LogP contribution in [0.1, 0.15) is 12.5 Å². The molecule has 1 N–H and O–H groups in total. The number of amides is 1. The first-order chi connectivity index (χ1) is 13.0. The number of nitrogens with one attached hydrogen (secondary N) is 1. The Morgan fingerprint density at radius 1 is 1.41 bits per heavy atom. The van der Waals surface area contributed by atoms with Gasteiger partial charge in [-0.3, -0.25) is 14.2 Å². The maximum atomic E-state index is 12.9. The summed E-state index contributed by atoms with van der Waals surface area (Å²) in [5.74, 6) is -0.501. The highest BCUT2D eigenvalue weighted by atomic mass is 32.2. The molecule has 1 unspecified atom stereocenters. The first-order valence-corrected chi connectivity index (χ1v) is 10.0. The summed E-state index contributed by atoms with van der Waals surface area (Å²) in [5, 5.41) is 5.25. The van der Waals surface area contributed by atoms with E-state index in [9.17, 15) is 14.0 Å². The van der Waals surface area contributed by atoms with Crippen LogP contribution in [0, 0.1) is 5.82 Å². The quantitative estimate of drug-likeness (QED) is 0.372. The molecular formula is C19H18FN3O2S2. The Labute approximate surface area is 163 Å². The van der Waals surface area contributed by atoms with Crippen molar-refractivity contribution in [2.75, 3.05) is 0 Å². The van der Waals surface area contributed by atoms with Gasteiger partial charge in [-0.05, 0) is 36.1 Å². The number of thiophene rings is 1. The molecule has 5 nitrogen and oxygen atoms in total. The van der Waals surface area contributed by atoms with Crippen LogP contribution < -0.4 is 10.9 Å². The van der Waals surface area contributed by atoms with Gasteiger partial charge in [-0.2, -0.15) is 0 Å². The molecule has 1 atom stereocenters. The first-order valence-electron chi connectivity index (χ1n) is 8.27. The summed E-state index contributed by atoms with van der Waals surface area (Å²) < 4.78 is 14.5. The molecule has 1 amide bonds. The SMILES string of the molecule is C=CCn1c(SC(C)C(=O)NCc2ccc(F)cc2)nc2sccc2c1=O. The molecule has 3 aromatic rings. The molecule has 0 saturated carbocycles. The number of hydrogen-bond acceptors (Lipinski definition) is 5. The van der Waals surface area contributed by atoms with E-state index in [1.807, 2.05) is 5.38 Å². The fourth-order valence-corrected chi connectivity index (χ4v) is 4.20. The summed E-state index contributed by atoms with van der Waals surface area (Å²) >= 11 is 2.62. The van der Waals surface area contributed by atoms with Crippen molar-refractivity contribution in [3.8, 4) is 0 Å². The van der Waals surface area contributed by atoms with E-state index in [0.29, 0.717) is 28.5 Å². The molecule has 2 heterocycles. The smallest absolute Gasteiger partial charge is 0.263 e. The third-order valence-corrected chi connectivity index (χ3v) is 5.79. The molecular weight excluding hydrogens is 385 g/mol. The normalized spacial score (nSPS) is 12.1. The van der Waals surface area contributed by atoms with Crippen LogP contribution in [0.5, 0.6) is 0 Å². The monoisotopic (exact) mass is 403 g/mol. The van der Waals surface area contributed by atoms with Crippen LogP contribution in [0.15, 0.2) is 58.3 Å². The zero-order chi connectivity index (χ0) is 19.4. The van der Waals surface area contributed by atoms with Gasteiger partial charge in [-0.15, -0.1) is 17.9 Å². The van der Waals surface area contributed by atoms with Gasteiger partial charge >= 0.3 is 0 Å². The minimum absolute atomic E-state index is 0.137. The fourth-order valence-electron chi connectivity index (χ4n) is 2.46. The first kappa shape index (κ1) is 19.3. The van der Waals surface area contributed by atoms with E-state index in [2.05, 4.69) is 16.9 Å². The molecule has 0 aliphatic heterocycles. The second-order valence-electron chi connectivity index (χ2n) is 5.84. The van der Waals surface area contributed by atoms with Crippen LogP contribution in [-0.2, 0) is 17.9 Å². The highest BCUT2D eigenvalue weighted by Gasteiger charge is 2.19. The van der Waals surface area contributed by atoms with Crippen molar-refractivity contribution in [2.24, 2.45) is 0 Å². The number of fused-ring (bicyclic) bond motifs is 1. The van der Waals surface area contributed by atoms with Crippen LogP contribution >= 0.6 is 23.1 Å². The molecule has 0 spiro atoms. The van der Waals surface area contributed by atoms with Crippen molar-refractivity contribution in [1.29, 1.82) is 0 Å². The van der Waals surface area contributed by atoms with Crippen LogP contribution in [0.3, 0.4) is 0 Å². The molecule has 0 saturated heterocycles. The highest BCUT2D eigenvalue weighted by Crippen LogP contribution is 2.24. The number of nitrogens with zero attached hydrogens (tertiary/aromatic N) is 2. The summed E-state index contributed by atoms with van der Waals surface area (Å²) in [7, 11) is 0. The van der Waals surface area contributed by atoms with E-state index in [-0.39, 0.29) is 17.3 Å². The van der Waals surface area contributed by atoms with Crippen LogP contribution in [0.25, 0.3) is 10.2 Å². The summed E-state index contributed by atoms with van der Waals surface area (Å²) in [4.78, 5) is 30.2. The van der Waals surface area contributed by atoms with Gasteiger partial charge in [-0.25, -0.2) is 9.37 Å². The van der Waals surface area contributed by atoms with Gasteiger partial charge < -0.3 is 5.32 Å². The second kappa shape index (κ2) is 8.49. The van der Waals surface area contributed by atoms with Crippen molar-refractivity contribution in [2.45, 2.75) is 30.4 Å². The minimum atomic E-state index is -0.453. The number of benzene rings is 1. The van der Waals surface area contributed by atoms with E-state index in [0.717, 1.165) is 5.56 Å². The number of rotatable bonds is 7. The average Bonchev–Trinajstić information content (AvgIpc) is 3.13. The Kier molecular flexibility index (Phi) is 6.08.